The van der Waals surface area contributed by atoms with E-state index in [1.54, 1.807) is 53.2 Å². The first-order valence-corrected chi connectivity index (χ1v) is 14.1. The molecule has 2 amide bonds. The maximum atomic E-state index is 13.1. The molecule has 3 heterocycles. The van der Waals surface area contributed by atoms with Gasteiger partial charge < -0.3 is 16.3 Å². The van der Waals surface area contributed by atoms with E-state index in [0.717, 1.165) is 23.5 Å². The van der Waals surface area contributed by atoms with Crippen LogP contribution in [0.3, 0.4) is 0 Å². The number of pyridine rings is 1. The summed E-state index contributed by atoms with van der Waals surface area (Å²) in [5.41, 5.74) is 7.25. The highest BCUT2D eigenvalue weighted by atomic mass is 35.5. The van der Waals surface area contributed by atoms with Crippen LogP contribution < -0.4 is 15.8 Å². The van der Waals surface area contributed by atoms with Gasteiger partial charge in [0.1, 0.15) is 6.04 Å². The van der Waals surface area contributed by atoms with Gasteiger partial charge >= 0.3 is 6.18 Å². The monoisotopic (exact) mass is 645 g/mol. The molecule has 8 nitrogen and oxygen atoms in total. The van der Waals surface area contributed by atoms with Crippen LogP contribution in [0.5, 0.6) is 0 Å². The highest BCUT2D eigenvalue weighted by Gasteiger charge is 2.30. The number of rotatable bonds is 8. The molecule has 43 heavy (non-hydrogen) atoms. The number of benzene rings is 2. The van der Waals surface area contributed by atoms with Crippen LogP contribution in [0, 0.1) is 5.21 Å². The lowest BCUT2D eigenvalue weighted by Gasteiger charge is -2.15. The van der Waals surface area contributed by atoms with Gasteiger partial charge in [0.25, 0.3) is 5.91 Å². The number of carbonyl (C=O) groups is 2. The number of hydrogen-bond donors (Lipinski definition) is 2. The Labute approximate surface area is 256 Å². The van der Waals surface area contributed by atoms with Crippen molar-refractivity contribution in [3.8, 4) is 27.5 Å². The van der Waals surface area contributed by atoms with Gasteiger partial charge in [0, 0.05) is 12.5 Å². The number of primary amides is 1. The normalized spacial score (nSPS) is 12.2. The summed E-state index contributed by atoms with van der Waals surface area (Å²) in [7, 11) is 0. The fourth-order valence-electron chi connectivity index (χ4n) is 4.23. The van der Waals surface area contributed by atoms with Gasteiger partial charge in [0.05, 0.1) is 48.0 Å². The van der Waals surface area contributed by atoms with E-state index in [1.165, 1.54) is 24.5 Å². The summed E-state index contributed by atoms with van der Waals surface area (Å²) in [6.45, 7) is 0. The zero-order valence-electron chi connectivity index (χ0n) is 21.8. The van der Waals surface area contributed by atoms with Crippen LogP contribution in [0.25, 0.3) is 27.5 Å². The van der Waals surface area contributed by atoms with E-state index in [2.05, 4.69) is 10.4 Å². The van der Waals surface area contributed by atoms with Gasteiger partial charge in [0.2, 0.25) is 5.91 Å². The number of aromatic nitrogens is 3. The predicted octanol–water partition coefficient (Wildman–Crippen LogP) is 6.05. The molecule has 1 atom stereocenters. The first-order chi connectivity index (χ1) is 20.4. The number of thiophene rings is 1. The lowest BCUT2D eigenvalue weighted by atomic mass is 10.0. The van der Waals surface area contributed by atoms with Crippen molar-refractivity contribution in [1.82, 2.24) is 15.1 Å². The average Bonchev–Trinajstić information content (AvgIpc) is 3.62. The maximum Gasteiger partial charge on any atom is 0.416 e. The van der Waals surface area contributed by atoms with E-state index in [0.29, 0.717) is 47.9 Å². The molecule has 5 aromatic rings. The molecule has 0 saturated carbocycles. The number of amides is 2. The fourth-order valence-corrected chi connectivity index (χ4v) is 5.44. The van der Waals surface area contributed by atoms with Crippen molar-refractivity contribution in [3.63, 3.8) is 0 Å². The molecule has 220 valence electrons. The van der Waals surface area contributed by atoms with Gasteiger partial charge in [-0.3, -0.25) is 9.59 Å². The maximum absolute atomic E-state index is 13.1. The Hall–Kier alpha value is -4.39. The fraction of sp³-hybridized carbons (Fsp3) is 0.103. The minimum atomic E-state index is -4.50. The molecule has 0 unspecified atom stereocenters. The van der Waals surface area contributed by atoms with Gasteiger partial charge in [0.15, 0.2) is 12.4 Å². The third-order valence-electron chi connectivity index (χ3n) is 6.38. The number of nitrogens with one attached hydrogen (secondary N) is 1. The Morgan fingerprint density at radius 1 is 1.05 bits per heavy atom. The van der Waals surface area contributed by atoms with E-state index in [4.69, 9.17) is 28.9 Å². The minimum Gasteiger partial charge on any atom is -0.619 e. The van der Waals surface area contributed by atoms with Gasteiger partial charge in [-0.25, -0.2) is 4.68 Å². The van der Waals surface area contributed by atoms with Crippen molar-refractivity contribution in [2.45, 2.75) is 18.6 Å². The molecular formula is C29H20Cl2F3N5O3S. The van der Waals surface area contributed by atoms with Crippen molar-refractivity contribution in [1.29, 1.82) is 0 Å². The Morgan fingerprint density at radius 3 is 2.44 bits per heavy atom. The van der Waals surface area contributed by atoms with Crippen molar-refractivity contribution >= 4 is 46.4 Å². The standard InChI is InChI=1S/C29H20Cl2F3N5O3S/c30-20-8-7-19(13-21(20)31)39-24(14-22(37-39)17-2-1-11-38(42)15-17)25-9-10-26(43-25)28(41)36-23(27(35)40)12-16-3-5-18(6-4-16)29(32,33)34/h1-11,13-15,23H,12H2,(H2,35,40)(H,36,41)/t23-/m0/s1. The van der Waals surface area contributed by atoms with Crippen LogP contribution in [-0.2, 0) is 17.4 Å². The first-order valence-electron chi connectivity index (χ1n) is 12.5. The molecule has 0 spiro atoms. The number of alkyl halides is 3. The third kappa shape index (κ3) is 6.82. The van der Waals surface area contributed by atoms with Crippen molar-refractivity contribution in [3.05, 3.63) is 116 Å². The smallest absolute Gasteiger partial charge is 0.416 e. The molecule has 0 radical (unpaired) electrons. The van der Waals surface area contributed by atoms with Gasteiger partial charge in [-0.15, -0.1) is 11.3 Å². The Balaban J connectivity index is 1.43. The molecule has 0 aliphatic rings. The second kappa shape index (κ2) is 12.1. The molecule has 14 heteroatoms. The summed E-state index contributed by atoms with van der Waals surface area (Å²) in [5, 5.41) is 19.8. The van der Waals surface area contributed by atoms with Crippen LogP contribution in [-0.4, -0.2) is 27.6 Å². The Morgan fingerprint density at radius 2 is 1.79 bits per heavy atom. The van der Waals surface area contributed by atoms with Gasteiger partial charge in [-0.05, 0) is 60.2 Å². The molecule has 0 fully saturated rings. The SMILES string of the molecule is NC(=O)[C@H](Cc1ccc(C(F)(F)F)cc1)NC(=O)c1ccc(-c2cc(-c3ccc[n+]([O-])c3)nn2-c2ccc(Cl)c(Cl)c2)s1. The summed E-state index contributed by atoms with van der Waals surface area (Å²) < 4.78 is 40.9. The summed E-state index contributed by atoms with van der Waals surface area (Å²) in [5.74, 6) is -1.44. The average molecular weight is 646 g/mol. The first kappa shape index (κ1) is 30.1. The van der Waals surface area contributed by atoms with E-state index in [1.807, 2.05) is 0 Å². The van der Waals surface area contributed by atoms with Crippen molar-refractivity contribution in [2.24, 2.45) is 5.73 Å². The van der Waals surface area contributed by atoms with Crippen LogP contribution in [0.1, 0.15) is 20.8 Å². The number of hydrogen-bond acceptors (Lipinski definition) is 5. The van der Waals surface area contributed by atoms with E-state index >= 15 is 0 Å². The largest absolute Gasteiger partial charge is 0.619 e. The molecule has 0 saturated heterocycles. The van der Waals surface area contributed by atoms with Crippen LogP contribution in [0.15, 0.2) is 85.2 Å². The summed E-state index contributed by atoms with van der Waals surface area (Å²) >= 11 is 13.5. The van der Waals surface area contributed by atoms with Gasteiger partial charge in [-0.2, -0.15) is 23.0 Å². The lowest BCUT2D eigenvalue weighted by molar-refractivity contribution is -0.604. The molecule has 3 N–H and O–H groups in total. The molecule has 0 aliphatic carbocycles. The topological polar surface area (TPSA) is 117 Å². The van der Waals surface area contributed by atoms with Crippen LogP contribution in [0.2, 0.25) is 10.0 Å². The van der Waals surface area contributed by atoms with Crippen molar-refractivity contribution < 1.29 is 27.5 Å². The predicted molar refractivity (Wildman–Crippen MR) is 157 cm³/mol. The second-order valence-electron chi connectivity index (χ2n) is 9.37. The van der Waals surface area contributed by atoms with E-state index in [9.17, 15) is 28.0 Å². The molecule has 3 aromatic heterocycles. The molecule has 0 bridgehead atoms. The van der Waals surface area contributed by atoms with E-state index in [-0.39, 0.29) is 11.3 Å². The van der Waals surface area contributed by atoms with E-state index < -0.39 is 29.6 Å². The minimum absolute atomic E-state index is 0.0955. The van der Waals surface area contributed by atoms with Crippen molar-refractivity contribution in [2.75, 3.05) is 0 Å². The molecule has 2 aromatic carbocycles. The summed E-state index contributed by atoms with van der Waals surface area (Å²) in [6, 6.07) is 16.4. The molecule has 0 aliphatic heterocycles. The zero-order chi connectivity index (χ0) is 30.9. The number of nitrogens with zero attached hydrogens (tertiary/aromatic N) is 3. The summed E-state index contributed by atoms with van der Waals surface area (Å²) in [4.78, 5) is 26.1. The Bertz CT molecular complexity index is 1820. The van der Waals surface area contributed by atoms with Crippen LogP contribution >= 0.6 is 34.5 Å². The quantitative estimate of drug-likeness (QED) is 0.158. The highest BCUT2D eigenvalue weighted by Crippen LogP contribution is 2.35. The number of halogens is 5. The van der Waals surface area contributed by atoms with Gasteiger partial charge in [-0.1, -0.05) is 35.3 Å². The lowest BCUT2D eigenvalue weighted by Crippen LogP contribution is -2.45. The second-order valence-corrected chi connectivity index (χ2v) is 11.3. The molecule has 5 rings (SSSR count). The number of nitrogens with two attached hydrogens (primary N) is 1. The van der Waals surface area contributed by atoms with Crippen LogP contribution in [0.4, 0.5) is 13.2 Å². The molecular weight excluding hydrogens is 626 g/mol. The highest BCUT2D eigenvalue weighted by molar-refractivity contribution is 7.17. The summed E-state index contributed by atoms with van der Waals surface area (Å²) in [6.07, 6.45) is -1.87. The third-order valence-corrected chi connectivity index (χ3v) is 8.23. The zero-order valence-corrected chi connectivity index (χ0v) is 24.1. The number of carbonyl (C=O) groups excluding carboxylic acids is 2. The Kier molecular flexibility index (Phi) is 8.45.